The molecule has 1 amide bonds. The van der Waals surface area contributed by atoms with Gasteiger partial charge in [0, 0.05) is 49.5 Å². The van der Waals surface area contributed by atoms with Gasteiger partial charge >= 0.3 is 12.1 Å². The first-order chi connectivity index (χ1) is 19.3. The first kappa shape index (κ1) is 28.5. The number of ketones is 1. The first-order valence-corrected chi connectivity index (χ1v) is 14.5. The number of carbonyl (C=O) groups excluding carboxylic acids is 2. The predicted molar refractivity (Wildman–Crippen MR) is 141 cm³/mol. The third kappa shape index (κ3) is 4.22. The smallest absolute Gasteiger partial charge is 0.383 e. The first-order valence-electron chi connectivity index (χ1n) is 14.5. The second-order valence-corrected chi connectivity index (χ2v) is 12.6. The van der Waals surface area contributed by atoms with Crippen LogP contribution in [0.1, 0.15) is 73.7 Å². The Kier molecular flexibility index (Phi) is 6.77. The van der Waals surface area contributed by atoms with Crippen molar-refractivity contribution in [1.29, 1.82) is 0 Å². The van der Waals surface area contributed by atoms with Crippen LogP contribution in [0.25, 0.3) is 0 Å². The van der Waals surface area contributed by atoms with E-state index >= 15 is 8.78 Å². The molecule has 5 atom stereocenters. The molecule has 10 heteroatoms. The fourth-order valence-electron chi connectivity index (χ4n) is 8.62. The van der Waals surface area contributed by atoms with Crippen LogP contribution >= 0.6 is 0 Å². The lowest BCUT2D eigenvalue weighted by atomic mass is 9.50. The molecule has 6 rings (SSSR count). The molecule has 1 saturated heterocycles. The number of benzene rings is 1. The number of piperazine rings is 1. The number of rotatable bonds is 3. The van der Waals surface area contributed by atoms with Crippen molar-refractivity contribution in [3.8, 4) is 0 Å². The Balaban J connectivity index is 1.44. The highest BCUT2D eigenvalue weighted by Crippen LogP contribution is 2.70. The number of allylic oxidation sites excluding steroid dienone is 4. The Morgan fingerprint density at radius 2 is 1.71 bits per heavy atom. The Morgan fingerprint density at radius 3 is 2.37 bits per heavy atom. The SMILES string of the molecule is C[C@]12C[C@H](c3ccc(C(=O)N4CCNCC4)cc3)C3=C4CCC(=O)C=C4CC[C@H]3[C@@H]1CC[C@]2(O)C(F)(F)C(F)(F)F. The van der Waals surface area contributed by atoms with Crippen LogP contribution in [0.5, 0.6) is 0 Å². The van der Waals surface area contributed by atoms with Gasteiger partial charge in [0.25, 0.3) is 5.91 Å². The van der Waals surface area contributed by atoms with Crippen LogP contribution in [-0.2, 0) is 4.79 Å². The third-order valence-corrected chi connectivity index (χ3v) is 10.7. The molecule has 0 bridgehead atoms. The highest BCUT2D eigenvalue weighted by molar-refractivity contribution is 5.94. The average molecular weight is 579 g/mol. The van der Waals surface area contributed by atoms with Crippen LogP contribution < -0.4 is 5.32 Å². The van der Waals surface area contributed by atoms with Crippen LogP contribution in [-0.4, -0.2) is 65.6 Å². The van der Waals surface area contributed by atoms with Crippen LogP contribution in [0.15, 0.2) is 47.1 Å². The van der Waals surface area contributed by atoms with Gasteiger partial charge in [-0.25, -0.2) is 0 Å². The lowest BCUT2D eigenvalue weighted by Crippen LogP contribution is -2.65. The summed E-state index contributed by atoms with van der Waals surface area (Å²) >= 11 is 0. The Hall–Kier alpha value is -2.59. The molecule has 3 fully saturated rings. The predicted octanol–water partition coefficient (Wildman–Crippen LogP) is 5.56. The largest absolute Gasteiger partial charge is 0.456 e. The number of carbonyl (C=O) groups is 2. The van der Waals surface area contributed by atoms with E-state index in [9.17, 15) is 27.9 Å². The number of nitrogens with one attached hydrogen (secondary N) is 1. The standard InChI is InChI=1S/C31H35F5N2O3/c1-28-17-24(18-2-4-19(5-3-18)27(40)38-14-12-37-13-15-38)26-22-9-7-21(39)16-20(22)6-8-23(26)25(28)10-11-29(28,41)30(32,33)31(34,35)36/h2-5,16,23-25,37,41H,6-15,17H2,1H3/t23-,24+,25-,28-,29+/m0/s1. The fourth-order valence-corrected chi connectivity index (χ4v) is 8.62. The highest BCUT2D eigenvalue weighted by Gasteiger charge is 2.79. The molecule has 4 aliphatic carbocycles. The molecule has 5 aliphatic rings. The van der Waals surface area contributed by atoms with Gasteiger partial charge in [0.05, 0.1) is 0 Å². The maximum absolute atomic E-state index is 15.1. The number of aliphatic hydroxyl groups is 1. The maximum atomic E-state index is 15.1. The summed E-state index contributed by atoms with van der Waals surface area (Å²) in [7, 11) is 0. The third-order valence-electron chi connectivity index (χ3n) is 10.7. The quantitative estimate of drug-likeness (QED) is 0.461. The summed E-state index contributed by atoms with van der Waals surface area (Å²) < 4.78 is 71.5. The second-order valence-electron chi connectivity index (χ2n) is 12.6. The van der Waals surface area contributed by atoms with E-state index in [1.807, 2.05) is 0 Å². The van der Waals surface area contributed by atoms with Gasteiger partial charge in [-0.2, -0.15) is 22.0 Å². The minimum atomic E-state index is -5.88. The van der Waals surface area contributed by atoms with E-state index in [1.165, 1.54) is 6.92 Å². The molecule has 2 N–H and O–H groups in total. The van der Waals surface area contributed by atoms with Crippen molar-refractivity contribution in [1.82, 2.24) is 10.2 Å². The van der Waals surface area contributed by atoms with Crippen molar-refractivity contribution in [2.45, 2.75) is 75.5 Å². The Labute approximate surface area is 235 Å². The van der Waals surface area contributed by atoms with Crippen molar-refractivity contribution in [2.75, 3.05) is 26.2 Å². The van der Waals surface area contributed by atoms with Gasteiger partial charge in [-0.15, -0.1) is 0 Å². The van der Waals surface area contributed by atoms with E-state index < -0.39 is 41.4 Å². The van der Waals surface area contributed by atoms with Gasteiger partial charge in [0.15, 0.2) is 5.78 Å². The molecule has 0 unspecified atom stereocenters. The summed E-state index contributed by atoms with van der Waals surface area (Å²) in [5, 5.41) is 14.6. The lowest BCUT2D eigenvalue weighted by molar-refractivity contribution is -0.362. The molecule has 1 aromatic rings. The van der Waals surface area contributed by atoms with Crippen molar-refractivity contribution < 1.29 is 36.6 Å². The number of hydrogen-bond acceptors (Lipinski definition) is 4. The molecule has 1 aromatic carbocycles. The van der Waals surface area contributed by atoms with E-state index in [2.05, 4.69) is 5.32 Å². The molecular weight excluding hydrogens is 543 g/mol. The van der Waals surface area contributed by atoms with Crippen LogP contribution in [0.4, 0.5) is 22.0 Å². The van der Waals surface area contributed by atoms with Crippen molar-refractivity contribution in [2.24, 2.45) is 17.3 Å². The average Bonchev–Trinajstić information content (AvgIpc) is 3.23. The van der Waals surface area contributed by atoms with Crippen LogP contribution in [0, 0.1) is 17.3 Å². The number of fused-ring (bicyclic) bond motifs is 4. The molecule has 1 heterocycles. The number of amides is 1. The molecule has 5 nitrogen and oxygen atoms in total. The molecule has 222 valence electrons. The Morgan fingerprint density at radius 1 is 1.02 bits per heavy atom. The van der Waals surface area contributed by atoms with Crippen molar-refractivity contribution in [3.63, 3.8) is 0 Å². The summed E-state index contributed by atoms with van der Waals surface area (Å²) in [6.07, 6.45) is -2.94. The van der Waals surface area contributed by atoms with Gasteiger partial charge in [-0.05, 0) is 85.3 Å². The zero-order valence-corrected chi connectivity index (χ0v) is 23.0. The van der Waals surface area contributed by atoms with E-state index in [1.54, 1.807) is 35.2 Å². The summed E-state index contributed by atoms with van der Waals surface area (Å²) in [6.45, 7) is 3.99. The molecule has 1 aliphatic heterocycles. The molecule has 0 spiro atoms. The lowest BCUT2D eigenvalue weighted by Gasteiger charge is -2.56. The normalized spacial score (nSPS) is 34.1. The van der Waals surface area contributed by atoms with Gasteiger partial charge < -0.3 is 15.3 Å². The molecule has 2 saturated carbocycles. The fraction of sp³-hybridized carbons (Fsp3) is 0.613. The van der Waals surface area contributed by atoms with Gasteiger partial charge in [-0.3, -0.25) is 9.59 Å². The molecule has 0 aromatic heterocycles. The van der Waals surface area contributed by atoms with Gasteiger partial charge in [0.1, 0.15) is 5.60 Å². The molecule has 0 radical (unpaired) electrons. The highest BCUT2D eigenvalue weighted by atomic mass is 19.4. The zero-order valence-electron chi connectivity index (χ0n) is 23.0. The topological polar surface area (TPSA) is 69.6 Å². The summed E-state index contributed by atoms with van der Waals surface area (Å²) in [6, 6.07) is 6.94. The molecular formula is C31H35F5N2O3. The second kappa shape index (κ2) is 9.73. The zero-order chi connectivity index (χ0) is 29.4. The Bertz CT molecular complexity index is 1310. The summed E-state index contributed by atoms with van der Waals surface area (Å²) in [5.41, 5.74) is -0.777. The minimum Gasteiger partial charge on any atom is -0.383 e. The van der Waals surface area contributed by atoms with E-state index in [-0.39, 0.29) is 30.4 Å². The van der Waals surface area contributed by atoms with Crippen LogP contribution in [0.2, 0.25) is 0 Å². The number of nitrogens with zero attached hydrogens (tertiary/aromatic N) is 1. The van der Waals surface area contributed by atoms with Gasteiger partial charge in [0.2, 0.25) is 0 Å². The number of alkyl halides is 5. The van der Waals surface area contributed by atoms with E-state index in [4.69, 9.17) is 0 Å². The minimum absolute atomic E-state index is 0.0378. The summed E-state index contributed by atoms with van der Waals surface area (Å²) in [5.74, 6) is -6.69. The summed E-state index contributed by atoms with van der Waals surface area (Å²) in [4.78, 5) is 27.0. The van der Waals surface area contributed by atoms with Crippen molar-refractivity contribution >= 4 is 11.7 Å². The monoisotopic (exact) mass is 578 g/mol. The van der Waals surface area contributed by atoms with Crippen LogP contribution in [0.3, 0.4) is 0 Å². The van der Waals surface area contributed by atoms with E-state index in [0.717, 1.165) is 22.3 Å². The van der Waals surface area contributed by atoms with Gasteiger partial charge in [-0.1, -0.05) is 24.6 Å². The maximum Gasteiger partial charge on any atom is 0.456 e. The number of hydrogen-bond donors (Lipinski definition) is 2. The van der Waals surface area contributed by atoms with Crippen molar-refractivity contribution in [3.05, 3.63) is 58.2 Å². The molecule has 41 heavy (non-hydrogen) atoms. The number of halogens is 5. The van der Waals surface area contributed by atoms with E-state index in [0.29, 0.717) is 57.4 Å².